The lowest BCUT2D eigenvalue weighted by atomic mass is 10.3. The van der Waals surface area contributed by atoms with E-state index < -0.39 is 0 Å². The quantitative estimate of drug-likeness (QED) is 0.844. The highest BCUT2D eigenvalue weighted by molar-refractivity contribution is 5.83. The minimum Gasteiger partial charge on any atom is -0.347 e. The van der Waals surface area contributed by atoms with E-state index in [9.17, 15) is 9.59 Å². The van der Waals surface area contributed by atoms with Crippen molar-refractivity contribution in [3.05, 3.63) is 17.7 Å². The molecular formula is C15H25N5O2. The van der Waals surface area contributed by atoms with Gasteiger partial charge < -0.3 is 14.8 Å². The van der Waals surface area contributed by atoms with E-state index in [1.165, 1.54) is 6.92 Å². The van der Waals surface area contributed by atoms with E-state index in [1.807, 2.05) is 0 Å². The Morgan fingerprint density at radius 1 is 1.41 bits per heavy atom. The second-order valence-corrected chi connectivity index (χ2v) is 6.08. The van der Waals surface area contributed by atoms with Gasteiger partial charge in [-0.2, -0.15) is 0 Å². The van der Waals surface area contributed by atoms with Crippen LogP contribution in [0.4, 0.5) is 0 Å². The maximum absolute atomic E-state index is 12.1. The molecule has 0 radical (unpaired) electrons. The number of aromatic nitrogens is 2. The Kier molecular flexibility index (Phi) is 5.18. The van der Waals surface area contributed by atoms with Crippen LogP contribution >= 0.6 is 0 Å². The Bertz CT molecular complexity index is 552. The third-order valence-electron chi connectivity index (χ3n) is 3.99. The normalized spacial score (nSPS) is 14.4. The fourth-order valence-electron chi connectivity index (χ4n) is 2.35. The molecule has 0 unspecified atom stereocenters. The van der Waals surface area contributed by atoms with Crippen molar-refractivity contribution in [3.8, 4) is 0 Å². The first-order chi connectivity index (χ1) is 10.4. The minimum atomic E-state index is -0.189. The Morgan fingerprint density at radius 2 is 2.14 bits per heavy atom. The van der Waals surface area contributed by atoms with Crippen LogP contribution in [0.2, 0.25) is 0 Å². The molecule has 7 nitrogen and oxygen atoms in total. The molecule has 0 aliphatic carbocycles. The number of nitrogens with zero attached hydrogens (tertiary/aromatic N) is 4. The van der Waals surface area contributed by atoms with Crippen molar-refractivity contribution in [3.63, 3.8) is 0 Å². The van der Waals surface area contributed by atoms with Crippen molar-refractivity contribution in [2.45, 2.75) is 46.4 Å². The molecule has 1 aromatic heterocycles. The number of rotatable bonds is 5. The summed E-state index contributed by atoms with van der Waals surface area (Å²) in [4.78, 5) is 31.6. The van der Waals surface area contributed by atoms with Gasteiger partial charge in [0.15, 0.2) is 0 Å². The van der Waals surface area contributed by atoms with Gasteiger partial charge in [0.2, 0.25) is 11.8 Å². The molecule has 22 heavy (non-hydrogen) atoms. The Morgan fingerprint density at radius 3 is 2.77 bits per heavy atom. The van der Waals surface area contributed by atoms with Crippen LogP contribution < -0.4 is 5.32 Å². The van der Waals surface area contributed by atoms with Crippen LogP contribution in [0.15, 0.2) is 6.20 Å². The summed E-state index contributed by atoms with van der Waals surface area (Å²) in [5.41, 5.74) is 1.03. The first-order valence-electron chi connectivity index (χ1n) is 7.64. The Balaban J connectivity index is 1.97. The van der Waals surface area contributed by atoms with Gasteiger partial charge in [0, 0.05) is 38.8 Å². The predicted molar refractivity (Wildman–Crippen MR) is 82.9 cm³/mol. The summed E-state index contributed by atoms with van der Waals surface area (Å²) in [6.07, 6.45) is 2.07. The van der Waals surface area contributed by atoms with Gasteiger partial charge in [-0.05, 0) is 20.9 Å². The molecule has 1 N–H and O–H groups in total. The van der Waals surface area contributed by atoms with Gasteiger partial charge in [0.1, 0.15) is 5.82 Å². The van der Waals surface area contributed by atoms with Crippen LogP contribution in [0.5, 0.6) is 0 Å². The molecule has 0 aromatic carbocycles. The number of amides is 2. The largest absolute Gasteiger partial charge is 0.347 e. The van der Waals surface area contributed by atoms with Crippen molar-refractivity contribution in [1.82, 2.24) is 24.7 Å². The average molecular weight is 307 g/mol. The molecule has 0 saturated carbocycles. The van der Waals surface area contributed by atoms with Crippen LogP contribution in [-0.2, 0) is 29.2 Å². The van der Waals surface area contributed by atoms with E-state index in [1.54, 1.807) is 4.90 Å². The van der Waals surface area contributed by atoms with E-state index in [0.717, 1.165) is 24.6 Å². The summed E-state index contributed by atoms with van der Waals surface area (Å²) < 4.78 is 2.12. The standard InChI is InChI=1S/C15H25N5O2/c1-11(2)18(4)8-13-9-19-5-6-20(10-14(19)17-13)15(22)7-16-12(3)21/h9,11H,5-8,10H2,1-4H3,(H,16,21). The van der Waals surface area contributed by atoms with E-state index >= 15 is 0 Å². The number of carbonyl (C=O) groups excluding carboxylic acids is 2. The zero-order chi connectivity index (χ0) is 16.3. The summed E-state index contributed by atoms with van der Waals surface area (Å²) in [6, 6.07) is 0.467. The van der Waals surface area contributed by atoms with Crippen molar-refractivity contribution < 1.29 is 9.59 Å². The molecule has 2 amide bonds. The van der Waals surface area contributed by atoms with E-state index in [-0.39, 0.29) is 18.4 Å². The van der Waals surface area contributed by atoms with Crippen LogP contribution in [0.3, 0.4) is 0 Å². The zero-order valence-electron chi connectivity index (χ0n) is 13.8. The van der Waals surface area contributed by atoms with Gasteiger partial charge in [-0.25, -0.2) is 4.98 Å². The van der Waals surface area contributed by atoms with Gasteiger partial charge in [-0.3, -0.25) is 14.5 Å². The summed E-state index contributed by atoms with van der Waals surface area (Å²) in [7, 11) is 2.08. The molecule has 7 heteroatoms. The number of hydrogen-bond donors (Lipinski definition) is 1. The molecule has 2 rings (SSSR count). The fraction of sp³-hybridized carbons (Fsp3) is 0.667. The van der Waals surface area contributed by atoms with Crippen LogP contribution in [0, 0.1) is 0 Å². The maximum atomic E-state index is 12.1. The molecule has 2 heterocycles. The molecule has 0 bridgehead atoms. The lowest BCUT2D eigenvalue weighted by Crippen LogP contribution is -2.43. The lowest BCUT2D eigenvalue weighted by Gasteiger charge is -2.27. The third-order valence-corrected chi connectivity index (χ3v) is 3.99. The van der Waals surface area contributed by atoms with E-state index in [0.29, 0.717) is 19.1 Å². The minimum absolute atomic E-state index is 0.0545. The van der Waals surface area contributed by atoms with Crippen molar-refractivity contribution in [2.24, 2.45) is 0 Å². The summed E-state index contributed by atoms with van der Waals surface area (Å²) in [6.45, 7) is 8.48. The van der Waals surface area contributed by atoms with Crippen LogP contribution in [0.1, 0.15) is 32.3 Å². The monoisotopic (exact) mass is 307 g/mol. The van der Waals surface area contributed by atoms with Gasteiger partial charge >= 0.3 is 0 Å². The number of fused-ring (bicyclic) bond motifs is 1. The highest BCUT2D eigenvalue weighted by Gasteiger charge is 2.22. The van der Waals surface area contributed by atoms with Crippen molar-refractivity contribution >= 4 is 11.8 Å². The topological polar surface area (TPSA) is 70.5 Å². The van der Waals surface area contributed by atoms with Gasteiger partial charge in [-0.15, -0.1) is 0 Å². The highest BCUT2D eigenvalue weighted by Crippen LogP contribution is 2.14. The number of imidazole rings is 1. The molecule has 0 spiro atoms. The molecular weight excluding hydrogens is 282 g/mol. The molecule has 1 aliphatic rings. The molecule has 1 aliphatic heterocycles. The SMILES string of the molecule is CC(=O)NCC(=O)N1CCn2cc(CN(C)C(C)C)nc2C1. The average Bonchev–Trinajstić information content (AvgIpc) is 2.85. The first-order valence-corrected chi connectivity index (χ1v) is 7.64. The van der Waals surface area contributed by atoms with E-state index in [2.05, 4.69) is 46.9 Å². The predicted octanol–water partition coefficient (Wildman–Crippen LogP) is 0.202. The highest BCUT2D eigenvalue weighted by atomic mass is 16.2. The van der Waals surface area contributed by atoms with Crippen molar-refractivity contribution in [1.29, 1.82) is 0 Å². The van der Waals surface area contributed by atoms with Crippen LogP contribution in [-0.4, -0.2) is 57.3 Å². The molecule has 1 aromatic rings. The summed E-state index contributed by atoms with van der Waals surface area (Å²) in [5, 5.41) is 2.55. The van der Waals surface area contributed by atoms with Gasteiger partial charge in [0.05, 0.1) is 18.8 Å². The molecule has 122 valence electrons. The second kappa shape index (κ2) is 6.91. The third kappa shape index (κ3) is 4.07. The lowest BCUT2D eigenvalue weighted by molar-refractivity contribution is -0.133. The van der Waals surface area contributed by atoms with Crippen molar-refractivity contribution in [2.75, 3.05) is 20.1 Å². The number of nitrogens with one attached hydrogen (secondary N) is 1. The van der Waals surface area contributed by atoms with Crippen LogP contribution in [0.25, 0.3) is 0 Å². The Labute approximate surface area is 131 Å². The second-order valence-electron chi connectivity index (χ2n) is 6.08. The van der Waals surface area contributed by atoms with E-state index in [4.69, 9.17) is 0 Å². The zero-order valence-corrected chi connectivity index (χ0v) is 13.8. The summed E-state index contributed by atoms with van der Waals surface area (Å²) in [5.74, 6) is 0.658. The van der Waals surface area contributed by atoms with Gasteiger partial charge in [-0.1, -0.05) is 0 Å². The smallest absolute Gasteiger partial charge is 0.242 e. The molecule has 0 fully saturated rings. The van der Waals surface area contributed by atoms with Gasteiger partial charge in [0.25, 0.3) is 0 Å². The fourth-order valence-corrected chi connectivity index (χ4v) is 2.35. The number of hydrogen-bond acceptors (Lipinski definition) is 4. The number of carbonyl (C=O) groups is 2. The molecule has 0 saturated heterocycles. The first kappa shape index (κ1) is 16.5. The maximum Gasteiger partial charge on any atom is 0.242 e. The Hall–Kier alpha value is -1.89. The molecule has 0 atom stereocenters. The summed E-state index contributed by atoms with van der Waals surface area (Å²) >= 11 is 0.